The summed E-state index contributed by atoms with van der Waals surface area (Å²) >= 11 is 0. The van der Waals surface area contributed by atoms with Crippen molar-refractivity contribution in [1.29, 1.82) is 0 Å². The minimum Gasteiger partial charge on any atom is -0.462 e. The van der Waals surface area contributed by atoms with E-state index in [0.29, 0.717) is 18.8 Å². The number of aryl methyl sites for hydroxylation is 1. The van der Waals surface area contributed by atoms with E-state index in [2.05, 4.69) is 13.2 Å². The van der Waals surface area contributed by atoms with Crippen molar-refractivity contribution in [2.45, 2.75) is 6.92 Å². The number of benzene rings is 1. The summed E-state index contributed by atoms with van der Waals surface area (Å²) in [5.74, 6) is -0.614. The third-order valence-corrected chi connectivity index (χ3v) is 3.77. The van der Waals surface area contributed by atoms with Gasteiger partial charge in [-0.15, -0.1) is 13.2 Å². The molecule has 0 amide bonds. The molecule has 0 saturated heterocycles. The molecule has 1 aromatic carbocycles. The van der Waals surface area contributed by atoms with E-state index in [9.17, 15) is 9.59 Å². The molecule has 0 saturated carbocycles. The SMILES string of the molecule is C=CCN(CC=C)c1c(C(=O)OCC)c(=O)n(C)c2ccccc12. The van der Waals surface area contributed by atoms with Gasteiger partial charge in [0.05, 0.1) is 17.8 Å². The second-order valence-electron chi connectivity index (χ2n) is 5.31. The van der Waals surface area contributed by atoms with Gasteiger partial charge >= 0.3 is 5.97 Å². The van der Waals surface area contributed by atoms with Crippen LogP contribution in [0.3, 0.4) is 0 Å². The van der Waals surface area contributed by atoms with Gasteiger partial charge in [-0.3, -0.25) is 4.79 Å². The number of ether oxygens (including phenoxy) is 1. The molecule has 0 aliphatic carbocycles. The second kappa shape index (κ2) is 7.64. The summed E-state index contributed by atoms with van der Waals surface area (Å²) in [7, 11) is 1.66. The van der Waals surface area contributed by atoms with E-state index in [1.165, 1.54) is 4.57 Å². The average Bonchev–Trinajstić information content (AvgIpc) is 2.58. The summed E-state index contributed by atoms with van der Waals surface area (Å²) in [6, 6.07) is 7.49. The van der Waals surface area contributed by atoms with E-state index in [-0.39, 0.29) is 17.7 Å². The number of carbonyl (C=O) groups excluding carboxylic acids is 1. The van der Waals surface area contributed by atoms with Gasteiger partial charge in [-0.05, 0) is 13.0 Å². The van der Waals surface area contributed by atoms with Gasteiger partial charge in [0.2, 0.25) is 0 Å². The van der Waals surface area contributed by atoms with Crippen molar-refractivity contribution < 1.29 is 9.53 Å². The highest BCUT2D eigenvalue weighted by Gasteiger charge is 2.25. The van der Waals surface area contributed by atoms with E-state index < -0.39 is 5.97 Å². The van der Waals surface area contributed by atoms with Crippen molar-refractivity contribution in [2.75, 3.05) is 24.6 Å². The number of para-hydroxylation sites is 1. The molecule has 126 valence electrons. The van der Waals surface area contributed by atoms with Crippen molar-refractivity contribution in [3.63, 3.8) is 0 Å². The maximum atomic E-state index is 12.8. The Labute approximate surface area is 141 Å². The number of aromatic nitrogens is 1. The number of nitrogens with zero attached hydrogens (tertiary/aromatic N) is 2. The first-order chi connectivity index (χ1) is 11.6. The van der Waals surface area contributed by atoms with Gasteiger partial charge in [-0.25, -0.2) is 4.79 Å². The molecular formula is C19H22N2O3. The number of rotatable bonds is 7. The predicted octanol–water partition coefficient (Wildman–Crippen LogP) is 2.89. The highest BCUT2D eigenvalue weighted by atomic mass is 16.5. The topological polar surface area (TPSA) is 51.5 Å². The largest absolute Gasteiger partial charge is 0.462 e. The van der Waals surface area contributed by atoms with Crippen LogP contribution in [0.15, 0.2) is 54.4 Å². The molecule has 5 heteroatoms. The fourth-order valence-corrected chi connectivity index (χ4v) is 2.76. The zero-order chi connectivity index (χ0) is 17.7. The molecule has 0 radical (unpaired) electrons. The molecular weight excluding hydrogens is 304 g/mol. The third-order valence-electron chi connectivity index (χ3n) is 3.77. The van der Waals surface area contributed by atoms with Crippen LogP contribution in [-0.4, -0.2) is 30.2 Å². The quantitative estimate of drug-likeness (QED) is 0.580. The van der Waals surface area contributed by atoms with Crippen molar-refractivity contribution in [3.05, 3.63) is 65.5 Å². The Bertz CT molecular complexity index is 826. The standard InChI is InChI=1S/C19H22N2O3/c1-5-12-21(13-6-2)17-14-10-8-9-11-15(14)20(4)18(22)16(17)19(23)24-7-3/h5-6,8-11H,1-2,7,12-13H2,3-4H3. The molecule has 0 bridgehead atoms. The fraction of sp³-hybridized carbons (Fsp3) is 0.263. The van der Waals surface area contributed by atoms with Crippen LogP contribution in [0, 0.1) is 0 Å². The number of hydrogen-bond acceptors (Lipinski definition) is 4. The molecule has 24 heavy (non-hydrogen) atoms. The van der Waals surface area contributed by atoms with Crippen LogP contribution >= 0.6 is 0 Å². The minimum atomic E-state index is -0.614. The van der Waals surface area contributed by atoms with E-state index in [1.807, 2.05) is 29.2 Å². The predicted molar refractivity (Wildman–Crippen MR) is 97.8 cm³/mol. The summed E-state index contributed by atoms with van der Waals surface area (Å²) in [5.41, 5.74) is 0.984. The normalized spacial score (nSPS) is 10.4. The first-order valence-electron chi connectivity index (χ1n) is 7.82. The Morgan fingerprint density at radius 3 is 2.46 bits per heavy atom. The van der Waals surface area contributed by atoms with E-state index >= 15 is 0 Å². The lowest BCUT2D eigenvalue weighted by Crippen LogP contribution is -2.33. The molecule has 0 aliphatic heterocycles. The van der Waals surface area contributed by atoms with Crippen LogP contribution < -0.4 is 10.5 Å². The van der Waals surface area contributed by atoms with Gasteiger partial charge in [0, 0.05) is 25.5 Å². The average molecular weight is 326 g/mol. The molecule has 5 nitrogen and oxygen atoms in total. The van der Waals surface area contributed by atoms with Gasteiger partial charge in [0.15, 0.2) is 0 Å². The Balaban J connectivity index is 2.90. The molecule has 1 heterocycles. The van der Waals surface area contributed by atoms with E-state index in [4.69, 9.17) is 4.74 Å². The maximum absolute atomic E-state index is 12.8. The summed E-state index contributed by atoms with van der Waals surface area (Å²) in [4.78, 5) is 27.2. The minimum absolute atomic E-state index is 0.0433. The van der Waals surface area contributed by atoms with Gasteiger partial charge < -0.3 is 14.2 Å². The van der Waals surface area contributed by atoms with E-state index in [0.717, 1.165) is 10.9 Å². The summed E-state index contributed by atoms with van der Waals surface area (Å²) in [5, 5.41) is 0.811. The molecule has 0 unspecified atom stereocenters. The summed E-state index contributed by atoms with van der Waals surface area (Å²) < 4.78 is 6.61. The second-order valence-corrected chi connectivity index (χ2v) is 5.31. The number of pyridine rings is 1. The highest BCUT2D eigenvalue weighted by molar-refractivity contribution is 6.05. The number of carbonyl (C=O) groups is 1. The number of anilines is 1. The number of fused-ring (bicyclic) bond motifs is 1. The van der Waals surface area contributed by atoms with Crippen LogP contribution in [0.2, 0.25) is 0 Å². The number of esters is 1. The van der Waals surface area contributed by atoms with E-state index in [1.54, 1.807) is 26.1 Å². The first kappa shape index (κ1) is 17.5. The zero-order valence-corrected chi connectivity index (χ0v) is 14.1. The molecule has 0 fully saturated rings. The van der Waals surface area contributed by atoms with Gasteiger partial charge in [0.1, 0.15) is 5.56 Å². The first-order valence-corrected chi connectivity index (χ1v) is 7.82. The van der Waals surface area contributed by atoms with Crippen molar-refractivity contribution in [1.82, 2.24) is 4.57 Å². The third kappa shape index (κ3) is 3.11. The van der Waals surface area contributed by atoms with Crippen LogP contribution in [-0.2, 0) is 11.8 Å². The maximum Gasteiger partial charge on any atom is 0.345 e. The Morgan fingerprint density at radius 2 is 1.88 bits per heavy atom. The number of hydrogen-bond donors (Lipinski definition) is 0. The lowest BCUT2D eigenvalue weighted by molar-refractivity contribution is 0.0524. The van der Waals surface area contributed by atoms with Crippen LogP contribution in [0.5, 0.6) is 0 Å². The smallest absolute Gasteiger partial charge is 0.345 e. The van der Waals surface area contributed by atoms with Crippen LogP contribution in [0.1, 0.15) is 17.3 Å². The zero-order valence-electron chi connectivity index (χ0n) is 14.1. The van der Waals surface area contributed by atoms with Gasteiger partial charge in [-0.1, -0.05) is 30.4 Å². The lowest BCUT2D eigenvalue weighted by atomic mass is 10.1. The highest BCUT2D eigenvalue weighted by Crippen LogP contribution is 2.29. The molecule has 1 aromatic heterocycles. The fourth-order valence-electron chi connectivity index (χ4n) is 2.76. The Morgan fingerprint density at radius 1 is 1.25 bits per heavy atom. The van der Waals surface area contributed by atoms with Gasteiger partial charge in [-0.2, -0.15) is 0 Å². The van der Waals surface area contributed by atoms with Crippen LogP contribution in [0.25, 0.3) is 10.9 Å². The van der Waals surface area contributed by atoms with Crippen molar-refractivity contribution >= 4 is 22.6 Å². The van der Waals surface area contributed by atoms with Crippen molar-refractivity contribution in [2.24, 2.45) is 7.05 Å². The van der Waals surface area contributed by atoms with Crippen molar-refractivity contribution in [3.8, 4) is 0 Å². The molecule has 0 aliphatic rings. The lowest BCUT2D eigenvalue weighted by Gasteiger charge is -2.26. The summed E-state index contributed by atoms with van der Waals surface area (Å²) in [6.45, 7) is 10.4. The molecule has 2 rings (SSSR count). The molecule has 0 spiro atoms. The molecule has 0 N–H and O–H groups in total. The van der Waals surface area contributed by atoms with Gasteiger partial charge in [0.25, 0.3) is 5.56 Å². The monoisotopic (exact) mass is 326 g/mol. The molecule has 2 aromatic rings. The Hall–Kier alpha value is -2.82. The van der Waals surface area contributed by atoms with Crippen LogP contribution in [0.4, 0.5) is 5.69 Å². The molecule has 0 atom stereocenters. The summed E-state index contributed by atoms with van der Waals surface area (Å²) in [6.07, 6.45) is 3.45. The Kier molecular flexibility index (Phi) is 5.58.